The molecule has 1 aliphatic heterocycles. The lowest BCUT2D eigenvalue weighted by atomic mass is 9.89. The van der Waals surface area contributed by atoms with E-state index in [9.17, 15) is 0 Å². The van der Waals surface area contributed by atoms with Crippen LogP contribution in [0.1, 0.15) is 26.0 Å². The molecule has 0 spiro atoms. The van der Waals surface area contributed by atoms with Crippen LogP contribution in [0.25, 0.3) is 0 Å². The fourth-order valence-corrected chi connectivity index (χ4v) is 2.02. The van der Waals surface area contributed by atoms with Crippen LogP contribution in [-0.4, -0.2) is 23.3 Å². The second-order valence-corrected chi connectivity index (χ2v) is 4.58. The van der Waals surface area contributed by atoms with Gasteiger partial charge in [-0.1, -0.05) is 13.8 Å². The Balaban J connectivity index is 2.10. The second kappa shape index (κ2) is 4.48. The predicted molar refractivity (Wildman–Crippen MR) is 61.9 cm³/mol. The fourth-order valence-electron chi connectivity index (χ4n) is 2.02. The summed E-state index contributed by atoms with van der Waals surface area (Å²) in [5, 5.41) is 16.6. The first-order valence-electron chi connectivity index (χ1n) is 5.69. The van der Waals surface area contributed by atoms with Crippen LogP contribution < -0.4 is 4.90 Å². The molecule has 0 aromatic carbocycles. The number of piperidine rings is 1. The average Bonchev–Trinajstić information content (AvgIpc) is 2.33. The third-order valence-corrected chi connectivity index (χ3v) is 3.42. The normalized spacial score (nSPS) is 25.2. The zero-order chi connectivity index (χ0) is 11.5. The van der Waals surface area contributed by atoms with Gasteiger partial charge in [-0.25, -0.2) is 0 Å². The summed E-state index contributed by atoms with van der Waals surface area (Å²) in [5.41, 5.74) is 0.377. The van der Waals surface area contributed by atoms with E-state index >= 15 is 0 Å². The average molecular weight is 216 g/mol. The Morgan fingerprint density at radius 2 is 2.12 bits per heavy atom. The Hall–Kier alpha value is -1.63. The van der Waals surface area contributed by atoms with Crippen molar-refractivity contribution in [2.45, 2.75) is 20.3 Å². The van der Waals surface area contributed by atoms with Crippen LogP contribution in [0, 0.1) is 23.2 Å². The third kappa shape index (κ3) is 2.13. The van der Waals surface area contributed by atoms with Crippen molar-refractivity contribution in [2.75, 3.05) is 18.0 Å². The van der Waals surface area contributed by atoms with Gasteiger partial charge in [0.25, 0.3) is 0 Å². The largest absolute Gasteiger partial charge is 0.355 e. The summed E-state index contributed by atoms with van der Waals surface area (Å²) in [4.78, 5) is 2.25. The summed E-state index contributed by atoms with van der Waals surface area (Å²) in [6.45, 7) is 6.63. The SMILES string of the molecule is CC1CCN(c2ccc(C#N)nn2)CC1C. The van der Waals surface area contributed by atoms with Crippen molar-refractivity contribution in [2.24, 2.45) is 11.8 Å². The highest BCUT2D eigenvalue weighted by Gasteiger charge is 2.23. The standard InChI is InChI=1S/C12H16N4/c1-9-5-6-16(8-10(9)2)12-4-3-11(7-13)14-15-12/h3-4,9-10H,5-6,8H2,1-2H3. The van der Waals surface area contributed by atoms with Crippen LogP contribution in [-0.2, 0) is 0 Å². The molecule has 1 aromatic rings. The molecule has 0 aliphatic carbocycles. The number of hydrogen-bond donors (Lipinski definition) is 0. The molecule has 0 bridgehead atoms. The van der Waals surface area contributed by atoms with E-state index in [2.05, 4.69) is 28.9 Å². The van der Waals surface area contributed by atoms with E-state index in [0.29, 0.717) is 11.6 Å². The van der Waals surface area contributed by atoms with Crippen LogP contribution in [0.15, 0.2) is 12.1 Å². The Morgan fingerprint density at radius 3 is 2.69 bits per heavy atom. The third-order valence-electron chi connectivity index (χ3n) is 3.42. The fraction of sp³-hybridized carbons (Fsp3) is 0.583. The minimum absolute atomic E-state index is 0.377. The first-order valence-corrected chi connectivity index (χ1v) is 5.69. The lowest BCUT2D eigenvalue weighted by Crippen LogP contribution is -2.38. The summed E-state index contributed by atoms with van der Waals surface area (Å²) >= 11 is 0. The van der Waals surface area contributed by atoms with Crippen LogP contribution >= 0.6 is 0 Å². The van der Waals surface area contributed by atoms with Gasteiger partial charge in [0.05, 0.1) is 0 Å². The molecule has 4 nitrogen and oxygen atoms in total. The molecule has 0 saturated carbocycles. The molecule has 1 aromatic heterocycles. The maximum absolute atomic E-state index is 8.65. The molecule has 2 unspecified atom stereocenters. The highest BCUT2D eigenvalue weighted by molar-refractivity contribution is 5.39. The van der Waals surface area contributed by atoms with Gasteiger partial charge in [0.2, 0.25) is 0 Å². The number of nitrogens with zero attached hydrogens (tertiary/aromatic N) is 4. The molecule has 1 fully saturated rings. The molecule has 2 rings (SSSR count). The van der Waals surface area contributed by atoms with E-state index in [1.165, 1.54) is 6.42 Å². The molecule has 0 amide bonds. The van der Waals surface area contributed by atoms with Crippen molar-refractivity contribution in [3.63, 3.8) is 0 Å². The van der Waals surface area contributed by atoms with E-state index in [1.807, 2.05) is 12.1 Å². The first-order chi connectivity index (χ1) is 7.70. The molecule has 0 radical (unpaired) electrons. The Kier molecular flexibility index (Phi) is 3.04. The van der Waals surface area contributed by atoms with Crippen molar-refractivity contribution in [3.8, 4) is 6.07 Å². The van der Waals surface area contributed by atoms with Crippen molar-refractivity contribution in [1.29, 1.82) is 5.26 Å². The maximum atomic E-state index is 8.65. The monoisotopic (exact) mass is 216 g/mol. The van der Waals surface area contributed by atoms with E-state index in [1.54, 1.807) is 6.07 Å². The smallest absolute Gasteiger partial charge is 0.163 e. The predicted octanol–water partition coefficient (Wildman–Crippen LogP) is 1.83. The Bertz CT molecular complexity index is 392. The van der Waals surface area contributed by atoms with Crippen LogP contribution in [0.4, 0.5) is 5.82 Å². The van der Waals surface area contributed by atoms with Gasteiger partial charge in [0.15, 0.2) is 11.5 Å². The van der Waals surface area contributed by atoms with Crippen molar-refractivity contribution >= 4 is 5.82 Å². The molecule has 84 valence electrons. The van der Waals surface area contributed by atoms with E-state index in [0.717, 1.165) is 24.8 Å². The van der Waals surface area contributed by atoms with E-state index in [-0.39, 0.29) is 0 Å². The molecule has 1 aliphatic rings. The van der Waals surface area contributed by atoms with Crippen LogP contribution in [0.2, 0.25) is 0 Å². The summed E-state index contributed by atoms with van der Waals surface area (Å²) in [5.74, 6) is 2.35. The topological polar surface area (TPSA) is 52.8 Å². The summed E-state index contributed by atoms with van der Waals surface area (Å²) in [7, 11) is 0. The minimum Gasteiger partial charge on any atom is -0.355 e. The quantitative estimate of drug-likeness (QED) is 0.718. The maximum Gasteiger partial charge on any atom is 0.163 e. The number of aromatic nitrogens is 2. The molecule has 0 N–H and O–H groups in total. The summed E-state index contributed by atoms with van der Waals surface area (Å²) in [6.07, 6.45) is 1.20. The van der Waals surface area contributed by atoms with Gasteiger partial charge in [-0.05, 0) is 30.4 Å². The highest BCUT2D eigenvalue weighted by atomic mass is 15.3. The number of rotatable bonds is 1. The van der Waals surface area contributed by atoms with Gasteiger partial charge in [0.1, 0.15) is 6.07 Å². The molecule has 2 heterocycles. The number of anilines is 1. The van der Waals surface area contributed by atoms with Crippen molar-refractivity contribution < 1.29 is 0 Å². The molecule has 16 heavy (non-hydrogen) atoms. The summed E-state index contributed by atoms with van der Waals surface area (Å²) < 4.78 is 0. The Morgan fingerprint density at radius 1 is 1.31 bits per heavy atom. The highest BCUT2D eigenvalue weighted by Crippen LogP contribution is 2.25. The van der Waals surface area contributed by atoms with Crippen LogP contribution in [0.5, 0.6) is 0 Å². The molecule has 2 atom stereocenters. The van der Waals surface area contributed by atoms with Crippen LogP contribution in [0.3, 0.4) is 0 Å². The lowest BCUT2D eigenvalue weighted by Gasteiger charge is -2.35. The molecular weight excluding hydrogens is 200 g/mol. The van der Waals surface area contributed by atoms with Crippen molar-refractivity contribution in [3.05, 3.63) is 17.8 Å². The van der Waals surface area contributed by atoms with Gasteiger partial charge in [-0.2, -0.15) is 5.26 Å². The van der Waals surface area contributed by atoms with E-state index in [4.69, 9.17) is 5.26 Å². The van der Waals surface area contributed by atoms with Gasteiger partial charge >= 0.3 is 0 Å². The first kappa shape index (κ1) is 10.9. The van der Waals surface area contributed by atoms with Gasteiger partial charge in [0, 0.05) is 13.1 Å². The molecule has 1 saturated heterocycles. The lowest BCUT2D eigenvalue weighted by molar-refractivity contribution is 0.322. The van der Waals surface area contributed by atoms with E-state index < -0.39 is 0 Å². The van der Waals surface area contributed by atoms with Gasteiger partial charge in [-0.15, -0.1) is 10.2 Å². The van der Waals surface area contributed by atoms with Crippen molar-refractivity contribution in [1.82, 2.24) is 10.2 Å². The number of hydrogen-bond acceptors (Lipinski definition) is 4. The molecular formula is C12H16N4. The zero-order valence-electron chi connectivity index (χ0n) is 9.72. The van der Waals surface area contributed by atoms with Gasteiger partial charge < -0.3 is 4.90 Å². The molecule has 4 heteroatoms. The second-order valence-electron chi connectivity index (χ2n) is 4.58. The van der Waals surface area contributed by atoms with Gasteiger partial charge in [-0.3, -0.25) is 0 Å². The number of nitriles is 1. The zero-order valence-corrected chi connectivity index (χ0v) is 9.72. The summed E-state index contributed by atoms with van der Waals surface area (Å²) in [6, 6.07) is 5.59. The Labute approximate surface area is 95.9 Å². The minimum atomic E-state index is 0.377.